The van der Waals surface area contributed by atoms with Crippen LogP contribution in [0.15, 0.2) is 28.7 Å². The highest BCUT2D eigenvalue weighted by atomic mass is 19.1. The lowest BCUT2D eigenvalue weighted by Crippen LogP contribution is -2.12. The molecule has 1 heterocycles. The Bertz CT molecular complexity index is 571. The van der Waals surface area contributed by atoms with Crippen molar-refractivity contribution in [2.45, 2.75) is 31.6 Å². The maximum Gasteiger partial charge on any atom is 0.169 e. The molecule has 0 bridgehead atoms. The van der Waals surface area contributed by atoms with Gasteiger partial charge in [-0.15, -0.1) is 0 Å². The van der Waals surface area contributed by atoms with Gasteiger partial charge in [-0.25, -0.2) is 4.39 Å². The molecule has 1 unspecified atom stereocenters. The molecule has 1 saturated carbocycles. The highest BCUT2D eigenvalue weighted by molar-refractivity contribution is 5.81. The molecule has 1 aliphatic rings. The van der Waals surface area contributed by atoms with E-state index in [1.807, 2.05) is 12.1 Å². The number of para-hydroxylation sites is 1. The fourth-order valence-corrected chi connectivity index (χ4v) is 2.52. The maximum absolute atomic E-state index is 13.5. The highest BCUT2D eigenvalue weighted by Crippen LogP contribution is 2.34. The van der Waals surface area contributed by atoms with Crippen LogP contribution in [0.4, 0.5) is 4.39 Å². The van der Waals surface area contributed by atoms with Crippen LogP contribution in [0.3, 0.4) is 0 Å². The number of ketones is 1. The third kappa shape index (κ3) is 1.86. The van der Waals surface area contributed by atoms with E-state index < -0.39 is 0 Å². The van der Waals surface area contributed by atoms with Crippen molar-refractivity contribution in [3.63, 3.8) is 0 Å². The summed E-state index contributed by atoms with van der Waals surface area (Å²) in [5, 5.41) is 0.776. The van der Waals surface area contributed by atoms with Gasteiger partial charge in [0.2, 0.25) is 0 Å². The second kappa shape index (κ2) is 3.99. The zero-order valence-corrected chi connectivity index (χ0v) is 9.41. The number of Topliss-reactive ketones (excluding diaryl/α,β-unsaturated/α-hetero) is 1. The van der Waals surface area contributed by atoms with E-state index in [1.54, 1.807) is 6.07 Å². The molecule has 1 fully saturated rings. The van der Waals surface area contributed by atoms with Crippen LogP contribution in [0.25, 0.3) is 11.0 Å². The Morgan fingerprint density at radius 3 is 3.00 bits per heavy atom. The zero-order valence-electron chi connectivity index (χ0n) is 9.41. The van der Waals surface area contributed by atoms with Crippen LogP contribution in [0.5, 0.6) is 0 Å². The summed E-state index contributed by atoms with van der Waals surface area (Å²) in [6.45, 7) is 0. The lowest BCUT2D eigenvalue weighted by atomic mass is 9.87. The second-order valence-electron chi connectivity index (χ2n) is 4.64. The van der Waals surface area contributed by atoms with Crippen molar-refractivity contribution in [2.75, 3.05) is 0 Å². The number of hydrogen-bond acceptors (Lipinski definition) is 2. The van der Waals surface area contributed by atoms with Crippen LogP contribution in [0, 0.1) is 5.82 Å². The quantitative estimate of drug-likeness (QED) is 0.748. The van der Waals surface area contributed by atoms with Gasteiger partial charge in [-0.05, 0) is 25.0 Å². The molecule has 2 aromatic rings. The number of furan rings is 1. The van der Waals surface area contributed by atoms with Gasteiger partial charge in [0, 0.05) is 24.1 Å². The summed E-state index contributed by atoms with van der Waals surface area (Å²) in [5.74, 6) is 0.819. The topological polar surface area (TPSA) is 30.2 Å². The zero-order chi connectivity index (χ0) is 11.8. The number of hydrogen-bond donors (Lipinski definition) is 0. The van der Waals surface area contributed by atoms with Crippen molar-refractivity contribution >= 4 is 16.8 Å². The van der Waals surface area contributed by atoms with Crippen LogP contribution >= 0.6 is 0 Å². The summed E-state index contributed by atoms with van der Waals surface area (Å²) >= 11 is 0. The van der Waals surface area contributed by atoms with Crippen molar-refractivity contribution < 1.29 is 13.6 Å². The molecule has 0 spiro atoms. The molecular weight excluding hydrogens is 219 g/mol. The fraction of sp³-hybridized carbons (Fsp3) is 0.357. The van der Waals surface area contributed by atoms with Crippen LogP contribution in [0.1, 0.15) is 37.4 Å². The smallest absolute Gasteiger partial charge is 0.169 e. The van der Waals surface area contributed by atoms with Crippen LogP contribution in [0.2, 0.25) is 0 Å². The Balaban J connectivity index is 2.00. The van der Waals surface area contributed by atoms with Gasteiger partial charge in [-0.1, -0.05) is 12.1 Å². The van der Waals surface area contributed by atoms with Crippen LogP contribution < -0.4 is 0 Å². The van der Waals surface area contributed by atoms with E-state index in [9.17, 15) is 9.18 Å². The van der Waals surface area contributed by atoms with Gasteiger partial charge in [0.15, 0.2) is 11.4 Å². The van der Waals surface area contributed by atoms with E-state index in [0.717, 1.165) is 24.0 Å². The van der Waals surface area contributed by atoms with Crippen molar-refractivity contribution in [3.8, 4) is 0 Å². The average Bonchev–Trinajstić information content (AvgIpc) is 2.74. The number of carbonyl (C=O) groups excluding carboxylic acids is 1. The number of benzene rings is 1. The van der Waals surface area contributed by atoms with E-state index in [1.165, 1.54) is 6.07 Å². The normalized spacial score (nSPS) is 21.0. The van der Waals surface area contributed by atoms with Crippen molar-refractivity contribution in [1.29, 1.82) is 0 Å². The lowest BCUT2D eigenvalue weighted by Gasteiger charge is -2.18. The second-order valence-corrected chi connectivity index (χ2v) is 4.64. The van der Waals surface area contributed by atoms with E-state index in [2.05, 4.69) is 0 Å². The summed E-state index contributed by atoms with van der Waals surface area (Å²) in [6.07, 6.45) is 3.06. The minimum absolute atomic E-state index is 0.128. The van der Waals surface area contributed by atoms with Crippen LogP contribution in [-0.2, 0) is 4.79 Å². The summed E-state index contributed by atoms with van der Waals surface area (Å²) in [5.41, 5.74) is 0.306. The van der Waals surface area contributed by atoms with E-state index >= 15 is 0 Å². The van der Waals surface area contributed by atoms with E-state index in [4.69, 9.17) is 4.42 Å². The van der Waals surface area contributed by atoms with Gasteiger partial charge >= 0.3 is 0 Å². The number of fused-ring (bicyclic) bond motifs is 1. The van der Waals surface area contributed by atoms with Crippen molar-refractivity contribution in [1.82, 2.24) is 0 Å². The molecule has 1 aliphatic carbocycles. The Kier molecular flexibility index (Phi) is 2.46. The predicted molar refractivity (Wildman–Crippen MR) is 62.4 cm³/mol. The Morgan fingerprint density at radius 2 is 2.24 bits per heavy atom. The molecule has 88 valence electrons. The molecule has 0 amide bonds. The Hall–Kier alpha value is -1.64. The molecule has 3 heteroatoms. The standard InChI is InChI=1S/C14H13FO2/c15-12-6-2-4-10-8-13(17-14(10)12)9-3-1-5-11(16)7-9/h2,4,6,8-9H,1,3,5,7H2. The first-order chi connectivity index (χ1) is 8.24. The summed E-state index contributed by atoms with van der Waals surface area (Å²) in [7, 11) is 0. The molecule has 17 heavy (non-hydrogen) atoms. The average molecular weight is 232 g/mol. The van der Waals surface area contributed by atoms with Gasteiger partial charge in [0.1, 0.15) is 11.5 Å². The van der Waals surface area contributed by atoms with Gasteiger partial charge in [-0.2, -0.15) is 0 Å². The van der Waals surface area contributed by atoms with Crippen LogP contribution in [-0.4, -0.2) is 5.78 Å². The summed E-state index contributed by atoms with van der Waals surface area (Å²) in [6, 6.07) is 6.75. The molecule has 3 rings (SSSR count). The van der Waals surface area contributed by atoms with Gasteiger partial charge in [0.25, 0.3) is 0 Å². The first kappa shape index (κ1) is 10.5. The number of carbonyl (C=O) groups is 1. The SMILES string of the molecule is O=C1CCCC(c2cc3cccc(F)c3o2)C1. The minimum Gasteiger partial charge on any atom is -0.458 e. The molecule has 0 saturated heterocycles. The van der Waals surface area contributed by atoms with Gasteiger partial charge < -0.3 is 4.42 Å². The van der Waals surface area contributed by atoms with Crippen molar-refractivity contribution in [3.05, 3.63) is 35.8 Å². The largest absolute Gasteiger partial charge is 0.458 e. The third-order valence-electron chi connectivity index (χ3n) is 3.40. The van der Waals surface area contributed by atoms with E-state index in [0.29, 0.717) is 18.4 Å². The Labute approximate surface area is 98.4 Å². The summed E-state index contributed by atoms with van der Waals surface area (Å²) in [4.78, 5) is 11.4. The minimum atomic E-state index is -0.337. The van der Waals surface area contributed by atoms with Crippen molar-refractivity contribution in [2.24, 2.45) is 0 Å². The first-order valence-electron chi connectivity index (χ1n) is 5.94. The van der Waals surface area contributed by atoms with E-state index in [-0.39, 0.29) is 17.5 Å². The third-order valence-corrected chi connectivity index (χ3v) is 3.40. The number of rotatable bonds is 1. The monoisotopic (exact) mass is 232 g/mol. The molecule has 0 aliphatic heterocycles. The van der Waals surface area contributed by atoms with Gasteiger partial charge in [0.05, 0.1) is 0 Å². The highest BCUT2D eigenvalue weighted by Gasteiger charge is 2.24. The maximum atomic E-state index is 13.5. The molecule has 0 N–H and O–H groups in total. The molecule has 1 aromatic heterocycles. The Morgan fingerprint density at radius 1 is 1.35 bits per heavy atom. The fourth-order valence-electron chi connectivity index (χ4n) is 2.52. The molecule has 0 radical (unpaired) electrons. The molecule has 1 aromatic carbocycles. The summed E-state index contributed by atoms with van der Waals surface area (Å²) < 4.78 is 19.0. The lowest BCUT2D eigenvalue weighted by molar-refractivity contribution is -0.120. The number of halogens is 1. The molecule has 1 atom stereocenters. The van der Waals surface area contributed by atoms with Gasteiger partial charge in [-0.3, -0.25) is 4.79 Å². The predicted octanol–water partition coefficient (Wildman–Crippen LogP) is 3.80. The first-order valence-corrected chi connectivity index (χ1v) is 5.94. The molecular formula is C14H13FO2. The molecule has 2 nitrogen and oxygen atoms in total.